The minimum Gasteiger partial charge on any atom is -0.449 e. The van der Waals surface area contributed by atoms with E-state index in [9.17, 15) is 9.59 Å². The zero-order chi connectivity index (χ0) is 19.8. The highest BCUT2D eigenvalue weighted by molar-refractivity contribution is 5.76. The molecule has 3 unspecified atom stereocenters. The first kappa shape index (κ1) is 21.0. The van der Waals surface area contributed by atoms with Crippen LogP contribution in [0, 0.1) is 29.6 Å². The highest BCUT2D eigenvalue weighted by atomic mass is 16.5. The molecule has 3 rings (SSSR count). The number of likely N-dealkylation sites (tertiary alicyclic amines) is 1. The van der Waals surface area contributed by atoms with Gasteiger partial charge < -0.3 is 19.7 Å². The van der Waals surface area contributed by atoms with Gasteiger partial charge in [0.05, 0.1) is 12.7 Å². The Hall–Kier alpha value is -1.74. The Labute approximate surface area is 168 Å². The van der Waals surface area contributed by atoms with Gasteiger partial charge in [0.25, 0.3) is 0 Å². The third kappa shape index (κ3) is 6.13. The van der Waals surface area contributed by atoms with Gasteiger partial charge in [-0.25, -0.2) is 4.79 Å². The Morgan fingerprint density at radius 3 is 2.50 bits per heavy atom. The van der Waals surface area contributed by atoms with E-state index >= 15 is 0 Å². The first-order valence-electron chi connectivity index (χ1n) is 10.9. The topological polar surface area (TPSA) is 67.9 Å². The average Bonchev–Trinajstić information content (AvgIpc) is 3.10. The number of hydrogen-bond donors (Lipinski definition) is 1. The van der Waals surface area contributed by atoms with Crippen molar-refractivity contribution >= 4 is 12.0 Å². The molecule has 6 heteroatoms. The predicted molar refractivity (Wildman–Crippen MR) is 107 cm³/mol. The second kappa shape index (κ2) is 10.7. The maximum atomic E-state index is 12.1. The van der Waals surface area contributed by atoms with Crippen LogP contribution in [0.3, 0.4) is 0 Å². The number of carbonyl (C=O) groups excluding carboxylic acids is 2. The Kier molecular flexibility index (Phi) is 8.02. The molecule has 0 aromatic heterocycles. The van der Waals surface area contributed by atoms with Gasteiger partial charge in [0.1, 0.15) is 0 Å². The number of unbranched alkanes of at least 4 members (excludes halogenated alkanes) is 2. The SMILES string of the molecule is COC1CCN(C(=O)CCCCCNC(=O)OCC2C3CCC#CCCC32)C1. The Morgan fingerprint density at radius 2 is 1.82 bits per heavy atom. The van der Waals surface area contributed by atoms with E-state index in [0.717, 1.165) is 64.5 Å². The van der Waals surface area contributed by atoms with Crippen molar-refractivity contribution in [1.82, 2.24) is 10.2 Å². The first-order valence-corrected chi connectivity index (χ1v) is 10.9. The van der Waals surface area contributed by atoms with E-state index in [1.54, 1.807) is 7.11 Å². The molecule has 3 atom stereocenters. The lowest BCUT2D eigenvalue weighted by atomic mass is 10.1. The number of methoxy groups -OCH3 is 1. The summed E-state index contributed by atoms with van der Waals surface area (Å²) in [5.74, 6) is 8.56. The van der Waals surface area contributed by atoms with E-state index in [-0.39, 0.29) is 18.1 Å². The van der Waals surface area contributed by atoms with Crippen LogP contribution in [0.2, 0.25) is 0 Å². The third-order valence-corrected chi connectivity index (χ3v) is 6.41. The molecular weight excluding hydrogens is 356 g/mol. The molecule has 28 heavy (non-hydrogen) atoms. The van der Waals surface area contributed by atoms with Crippen molar-refractivity contribution in [3.63, 3.8) is 0 Å². The third-order valence-electron chi connectivity index (χ3n) is 6.41. The zero-order valence-electron chi connectivity index (χ0n) is 17.1. The number of hydrogen-bond acceptors (Lipinski definition) is 4. The van der Waals surface area contributed by atoms with Gasteiger partial charge in [-0.2, -0.15) is 0 Å². The normalized spacial score (nSPS) is 28.4. The first-order chi connectivity index (χ1) is 13.7. The van der Waals surface area contributed by atoms with Crippen molar-refractivity contribution < 1.29 is 19.1 Å². The van der Waals surface area contributed by atoms with Crippen LogP contribution in [-0.4, -0.2) is 56.4 Å². The van der Waals surface area contributed by atoms with Crippen LogP contribution in [-0.2, 0) is 14.3 Å². The van der Waals surface area contributed by atoms with Crippen LogP contribution in [0.4, 0.5) is 4.79 Å². The lowest BCUT2D eigenvalue weighted by molar-refractivity contribution is -0.130. The number of fused-ring (bicyclic) bond motifs is 1. The summed E-state index contributed by atoms with van der Waals surface area (Å²) in [5.41, 5.74) is 0. The van der Waals surface area contributed by atoms with E-state index in [1.165, 1.54) is 0 Å². The van der Waals surface area contributed by atoms with E-state index in [4.69, 9.17) is 9.47 Å². The van der Waals surface area contributed by atoms with E-state index < -0.39 is 0 Å². The van der Waals surface area contributed by atoms with Gasteiger partial charge in [-0.3, -0.25) is 4.79 Å². The van der Waals surface area contributed by atoms with Crippen LogP contribution in [0.25, 0.3) is 0 Å². The molecular formula is C22H34N2O4. The number of rotatable bonds is 9. The van der Waals surface area contributed by atoms with Crippen molar-refractivity contribution in [3.05, 3.63) is 0 Å². The second-order valence-electron chi connectivity index (χ2n) is 8.24. The molecule has 0 aromatic rings. The summed E-state index contributed by atoms with van der Waals surface area (Å²) in [6.45, 7) is 2.67. The standard InChI is InChI=1S/C22H34N2O4/c1-27-17-12-14-24(15-17)21(25)11-7-4-8-13-23-22(26)28-16-20-18-9-5-2-3-6-10-19(18)20/h17-20H,4-16H2,1H3,(H,23,26). The van der Waals surface area contributed by atoms with Crippen LogP contribution in [0.5, 0.6) is 0 Å². The summed E-state index contributed by atoms with van der Waals surface area (Å²) in [6.07, 6.45) is 8.32. The molecule has 1 N–H and O–H groups in total. The van der Waals surface area contributed by atoms with Gasteiger partial charge in [-0.1, -0.05) is 6.42 Å². The fraction of sp³-hybridized carbons (Fsp3) is 0.818. The minimum absolute atomic E-state index is 0.195. The van der Waals surface area contributed by atoms with Crippen LogP contribution < -0.4 is 5.32 Å². The highest BCUT2D eigenvalue weighted by Crippen LogP contribution is 2.52. The molecule has 0 radical (unpaired) electrons. The zero-order valence-corrected chi connectivity index (χ0v) is 17.1. The minimum atomic E-state index is -0.311. The summed E-state index contributed by atoms with van der Waals surface area (Å²) in [7, 11) is 1.70. The molecule has 1 aliphatic heterocycles. The molecule has 2 amide bonds. The van der Waals surface area contributed by atoms with Gasteiger partial charge in [0.2, 0.25) is 5.91 Å². The van der Waals surface area contributed by atoms with Crippen LogP contribution >= 0.6 is 0 Å². The molecule has 1 saturated heterocycles. The molecule has 1 saturated carbocycles. The van der Waals surface area contributed by atoms with Crippen molar-refractivity contribution in [2.75, 3.05) is 33.4 Å². The van der Waals surface area contributed by atoms with Crippen molar-refractivity contribution in [3.8, 4) is 11.8 Å². The number of carbonyl (C=O) groups is 2. The fourth-order valence-electron chi connectivity index (χ4n) is 4.58. The molecule has 2 aliphatic carbocycles. The second-order valence-corrected chi connectivity index (χ2v) is 8.24. The summed E-state index contributed by atoms with van der Waals surface area (Å²) in [4.78, 5) is 25.9. The fourth-order valence-corrected chi connectivity index (χ4v) is 4.58. The summed E-state index contributed by atoms with van der Waals surface area (Å²) < 4.78 is 10.7. The maximum Gasteiger partial charge on any atom is 0.407 e. The van der Waals surface area contributed by atoms with Crippen molar-refractivity contribution in [2.24, 2.45) is 17.8 Å². The Morgan fingerprint density at radius 1 is 1.07 bits per heavy atom. The monoisotopic (exact) mass is 390 g/mol. The number of ether oxygens (including phenoxy) is 2. The summed E-state index contributed by atoms with van der Waals surface area (Å²) in [5, 5.41) is 2.83. The number of alkyl carbamates (subject to hydrolysis) is 1. The average molecular weight is 391 g/mol. The number of nitrogens with zero attached hydrogens (tertiary/aromatic N) is 1. The molecule has 0 bridgehead atoms. The van der Waals surface area contributed by atoms with Crippen molar-refractivity contribution in [2.45, 2.75) is 63.9 Å². The largest absolute Gasteiger partial charge is 0.449 e. The maximum absolute atomic E-state index is 12.1. The lowest BCUT2D eigenvalue weighted by Crippen LogP contribution is -2.29. The van der Waals surface area contributed by atoms with E-state index in [0.29, 0.717) is 37.3 Å². The Balaban J connectivity index is 1.17. The molecule has 2 fully saturated rings. The molecule has 3 aliphatic rings. The van der Waals surface area contributed by atoms with E-state index in [2.05, 4.69) is 17.2 Å². The molecule has 156 valence electrons. The predicted octanol–water partition coefficient (Wildman–Crippen LogP) is 2.96. The lowest BCUT2D eigenvalue weighted by Gasteiger charge is -2.16. The Bertz CT molecular complexity index is 579. The van der Waals surface area contributed by atoms with Gasteiger partial charge in [0, 0.05) is 46.0 Å². The molecule has 0 spiro atoms. The van der Waals surface area contributed by atoms with Gasteiger partial charge in [0.15, 0.2) is 0 Å². The van der Waals surface area contributed by atoms with E-state index in [1.807, 2.05) is 4.90 Å². The van der Waals surface area contributed by atoms with Crippen LogP contribution in [0.15, 0.2) is 0 Å². The highest BCUT2D eigenvalue weighted by Gasteiger charge is 2.49. The summed E-state index contributed by atoms with van der Waals surface area (Å²) in [6, 6.07) is 0. The molecule has 6 nitrogen and oxygen atoms in total. The number of nitrogens with one attached hydrogen (secondary N) is 1. The van der Waals surface area contributed by atoms with Crippen molar-refractivity contribution in [1.29, 1.82) is 0 Å². The quantitative estimate of drug-likeness (QED) is 0.485. The molecule has 0 aromatic carbocycles. The molecule has 1 heterocycles. The number of amides is 2. The summed E-state index contributed by atoms with van der Waals surface area (Å²) >= 11 is 0. The van der Waals surface area contributed by atoms with Gasteiger partial charge >= 0.3 is 6.09 Å². The van der Waals surface area contributed by atoms with Gasteiger partial charge in [-0.15, -0.1) is 11.8 Å². The van der Waals surface area contributed by atoms with Crippen LogP contribution in [0.1, 0.15) is 57.8 Å². The van der Waals surface area contributed by atoms with Gasteiger partial charge in [-0.05, 0) is 49.9 Å². The smallest absolute Gasteiger partial charge is 0.407 e.